The summed E-state index contributed by atoms with van der Waals surface area (Å²) in [5.41, 5.74) is 3.70. The lowest BCUT2D eigenvalue weighted by atomic mass is 9.71. The molecule has 0 radical (unpaired) electrons. The molecule has 1 heterocycles. The minimum atomic E-state index is -0.134. The summed E-state index contributed by atoms with van der Waals surface area (Å²) in [6.07, 6.45) is 3.32. The van der Waals surface area contributed by atoms with Crippen molar-refractivity contribution in [3.63, 3.8) is 0 Å². The first-order valence-electron chi connectivity index (χ1n) is 9.97. The van der Waals surface area contributed by atoms with E-state index in [-0.39, 0.29) is 11.3 Å². The summed E-state index contributed by atoms with van der Waals surface area (Å²) in [5.74, 6) is 0.997. The van der Waals surface area contributed by atoms with Crippen molar-refractivity contribution in [1.29, 1.82) is 5.26 Å². The van der Waals surface area contributed by atoms with Crippen molar-refractivity contribution in [2.24, 2.45) is 11.3 Å². The van der Waals surface area contributed by atoms with Crippen molar-refractivity contribution in [3.8, 4) is 6.07 Å². The third-order valence-electron chi connectivity index (χ3n) is 5.41. The van der Waals surface area contributed by atoms with Gasteiger partial charge >= 0.3 is 0 Å². The average molecular weight is 462 g/mol. The summed E-state index contributed by atoms with van der Waals surface area (Å²) in [6.45, 7) is 6.82. The molecule has 0 aliphatic heterocycles. The summed E-state index contributed by atoms with van der Waals surface area (Å²) in [4.78, 5) is 17.0. The van der Waals surface area contributed by atoms with Crippen LogP contribution in [0.2, 0.25) is 10.0 Å². The van der Waals surface area contributed by atoms with E-state index in [4.69, 9.17) is 28.2 Å². The maximum Gasteiger partial charge on any atom is 0.225 e. The molecule has 1 aromatic heterocycles. The molecule has 2 aromatic rings. The molecule has 158 valence electrons. The Morgan fingerprint density at radius 2 is 1.97 bits per heavy atom. The lowest BCUT2D eigenvalue weighted by Gasteiger charge is -2.34. The zero-order valence-electron chi connectivity index (χ0n) is 17.4. The summed E-state index contributed by atoms with van der Waals surface area (Å²) in [5, 5.41) is 14.0. The van der Waals surface area contributed by atoms with Crippen molar-refractivity contribution in [2.75, 3.05) is 11.1 Å². The van der Waals surface area contributed by atoms with E-state index in [2.05, 4.69) is 32.2 Å². The number of nitrogens with zero attached hydrogens (tertiary/aromatic N) is 2. The molecule has 7 heteroatoms. The molecule has 0 saturated heterocycles. The van der Waals surface area contributed by atoms with Crippen LogP contribution >= 0.6 is 35.0 Å². The number of amides is 1. The Labute approximate surface area is 192 Å². The molecule has 1 unspecified atom stereocenters. The number of aryl methyl sites for hydroxylation is 1. The zero-order chi connectivity index (χ0) is 21.9. The van der Waals surface area contributed by atoms with E-state index in [1.165, 1.54) is 17.3 Å². The number of rotatable bonds is 5. The number of fused-ring (bicyclic) bond motifs is 1. The molecule has 1 amide bonds. The molecule has 1 aliphatic rings. The van der Waals surface area contributed by atoms with Gasteiger partial charge in [-0.3, -0.25) is 4.79 Å². The number of nitriles is 1. The maximum atomic E-state index is 12.2. The number of carbonyl (C=O) groups is 1. The van der Waals surface area contributed by atoms with Crippen LogP contribution in [-0.4, -0.2) is 16.6 Å². The van der Waals surface area contributed by atoms with Crippen LogP contribution in [0.1, 0.15) is 50.4 Å². The van der Waals surface area contributed by atoms with Gasteiger partial charge in [0.05, 0.1) is 5.56 Å². The van der Waals surface area contributed by atoms with Crippen LogP contribution in [-0.2, 0) is 17.6 Å². The molecular weight excluding hydrogens is 437 g/mol. The van der Waals surface area contributed by atoms with Gasteiger partial charge < -0.3 is 5.32 Å². The van der Waals surface area contributed by atoms with Gasteiger partial charge in [0.15, 0.2) is 0 Å². The smallest absolute Gasteiger partial charge is 0.225 e. The van der Waals surface area contributed by atoms with Gasteiger partial charge in [0.25, 0.3) is 0 Å². The van der Waals surface area contributed by atoms with E-state index in [1.54, 1.807) is 18.2 Å². The highest BCUT2D eigenvalue weighted by Crippen LogP contribution is 2.38. The second kappa shape index (κ2) is 9.60. The van der Waals surface area contributed by atoms with Gasteiger partial charge in [-0.2, -0.15) is 5.26 Å². The van der Waals surface area contributed by atoms with E-state index in [0.717, 1.165) is 25.0 Å². The first-order valence-corrected chi connectivity index (χ1v) is 11.7. The molecule has 1 atom stereocenters. The van der Waals surface area contributed by atoms with Crippen LogP contribution in [0.25, 0.3) is 0 Å². The lowest BCUT2D eigenvalue weighted by molar-refractivity contribution is -0.115. The highest BCUT2D eigenvalue weighted by molar-refractivity contribution is 7.99. The second-order valence-corrected chi connectivity index (χ2v) is 10.6. The van der Waals surface area contributed by atoms with Crippen LogP contribution in [0.4, 0.5) is 5.69 Å². The topological polar surface area (TPSA) is 65.8 Å². The maximum absolute atomic E-state index is 12.2. The van der Waals surface area contributed by atoms with Gasteiger partial charge in [-0.05, 0) is 60.4 Å². The number of halogens is 2. The van der Waals surface area contributed by atoms with E-state index < -0.39 is 0 Å². The summed E-state index contributed by atoms with van der Waals surface area (Å²) >= 11 is 13.4. The number of benzene rings is 1. The third-order valence-corrected chi connectivity index (χ3v) is 6.84. The molecule has 0 saturated carbocycles. The normalized spacial score (nSPS) is 15.9. The van der Waals surface area contributed by atoms with Gasteiger partial charge in [-0.1, -0.05) is 44.0 Å². The van der Waals surface area contributed by atoms with Gasteiger partial charge in [0, 0.05) is 33.6 Å². The van der Waals surface area contributed by atoms with E-state index in [1.807, 2.05) is 6.07 Å². The van der Waals surface area contributed by atoms with E-state index in [0.29, 0.717) is 44.4 Å². The minimum absolute atomic E-state index is 0.134. The molecule has 30 heavy (non-hydrogen) atoms. The molecule has 1 aliphatic carbocycles. The van der Waals surface area contributed by atoms with Crippen molar-refractivity contribution >= 4 is 46.6 Å². The number of nitrogens with one attached hydrogen (secondary N) is 1. The van der Waals surface area contributed by atoms with Gasteiger partial charge in [-0.15, -0.1) is 11.8 Å². The zero-order valence-corrected chi connectivity index (χ0v) is 19.7. The standard InChI is InChI=1S/C23H25Cl2N3OS/c1-23(2,3)16-4-5-20-14(9-16)8-15(13-26)22(28-20)30-7-6-21(29)27-19-11-17(24)10-18(25)12-19/h8,10-12,16H,4-7,9H2,1-3H3,(H,27,29). The number of aromatic nitrogens is 1. The third kappa shape index (κ3) is 5.91. The second-order valence-electron chi connectivity index (χ2n) is 8.67. The fourth-order valence-corrected chi connectivity index (χ4v) is 5.11. The molecule has 0 spiro atoms. The van der Waals surface area contributed by atoms with Gasteiger partial charge in [0.2, 0.25) is 5.91 Å². The predicted molar refractivity (Wildman–Crippen MR) is 124 cm³/mol. The quantitative estimate of drug-likeness (QED) is 0.513. The Kier molecular flexibility index (Phi) is 7.34. The molecule has 0 bridgehead atoms. The number of thioether (sulfide) groups is 1. The molecule has 0 fully saturated rings. The summed E-state index contributed by atoms with van der Waals surface area (Å²) < 4.78 is 0. The van der Waals surface area contributed by atoms with Crippen molar-refractivity contribution in [3.05, 3.63) is 51.1 Å². The number of hydrogen-bond acceptors (Lipinski definition) is 4. The van der Waals surface area contributed by atoms with Crippen molar-refractivity contribution < 1.29 is 4.79 Å². The van der Waals surface area contributed by atoms with Crippen molar-refractivity contribution in [2.45, 2.75) is 51.5 Å². The Morgan fingerprint density at radius 3 is 2.60 bits per heavy atom. The number of hydrogen-bond donors (Lipinski definition) is 1. The molecule has 3 rings (SSSR count). The first-order chi connectivity index (χ1) is 14.2. The van der Waals surface area contributed by atoms with Gasteiger partial charge in [-0.25, -0.2) is 4.98 Å². The minimum Gasteiger partial charge on any atom is -0.326 e. The average Bonchev–Trinajstić information content (AvgIpc) is 2.65. The highest BCUT2D eigenvalue weighted by Gasteiger charge is 2.30. The first kappa shape index (κ1) is 22.9. The molecular formula is C23H25Cl2N3OS. The SMILES string of the molecule is CC(C)(C)C1CCc2nc(SCCC(=O)Nc3cc(Cl)cc(Cl)c3)c(C#N)cc2C1. The number of carbonyl (C=O) groups excluding carboxylic acids is 1. The molecule has 1 aromatic carbocycles. The lowest BCUT2D eigenvalue weighted by Crippen LogP contribution is -2.27. The van der Waals surface area contributed by atoms with Crippen LogP contribution < -0.4 is 5.32 Å². The summed E-state index contributed by atoms with van der Waals surface area (Å²) in [7, 11) is 0. The predicted octanol–water partition coefficient (Wildman–Crippen LogP) is 6.53. The Hall–Kier alpha value is -1.74. The van der Waals surface area contributed by atoms with Crippen LogP contribution in [0.5, 0.6) is 0 Å². The fraction of sp³-hybridized carbons (Fsp3) is 0.435. The molecule has 1 N–H and O–H groups in total. The largest absolute Gasteiger partial charge is 0.326 e. The summed E-state index contributed by atoms with van der Waals surface area (Å²) in [6, 6.07) is 9.20. The Bertz CT molecular complexity index is 975. The Morgan fingerprint density at radius 1 is 1.27 bits per heavy atom. The van der Waals surface area contributed by atoms with Crippen LogP contribution in [0, 0.1) is 22.7 Å². The van der Waals surface area contributed by atoms with E-state index >= 15 is 0 Å². The monoisotopic (exact) mass is 461 g/mol. The number of pyridine rings is 1. The fourth-order valence-electron chi connectivity index (χ4n) is 3.66. The van der Waals surface area contributed by atoms with Crippen LogP contribution in [0.15, 0.2) is 29.3 Å². The van der Waals surface area contributed by atoms with Gasteiger partial charge in [0.1, 0.15) is 11.1 Å². The highest BCUT2D eigenvalue weighted by atomic mass is 35.5. The van der Waals surface area contributed by atoms with E-state index in [9.17, 15) is 10.1 Å². The molecule has 4 nitrogen and oxygen atoms in total. The Balaban J connectivity index is 1.62. The van der Waals surface area contributed by atoms with Crippen molar-refractivity contribution in [1.82, 2.24) is 4.98 Å². The van der Waals surface area contributed by atoms with Crippen LogP contribution in [0.3, 0.4) is 0 Å². The number of anilines is 1.